The first kappa shape index (κ1) is 12.1. The third-order valence-electron chi connectivity index (χ3n) is 3.30. The van der Waals surface area contributed by atoms with Gasteiger partial charge in [-0.25, -0.2) is 0 Å². The Morgan fingerprint density at radius 3 is 2.47 bits per heavy atom. The highest BCUT2D eigenvalue weighted by molar-refractivity contribution is 5.72. The largest absolute Gasteiger partial charge is 0.469 e. The van der Waals surface area contributed by atoms with Crippen molar-refractivity contribution >= 4 is 5.97 Å². The van der Waals surface area contributed by atoms with Gasteiger partial charge in [0.25, 0.3) is 0 Å². The molecule has 1 aliphatic rings. The summed E-state index contributed by atoms with van der Waals surface area (Å²) < 4.78 is 4.63. The van der Waals surface area contributed by atoms with E-state index < -0.39 is 0 Å². The van der Waals surface area contributed by atoms with E-state index in [1.54, 1.807) is 0 Å². The molecule has 0 unspecified atom stereocenters. The second-order valence-electron chi connectivity index (χ2n) is 4.58. The van der Waals surface area contributed by atoms with Gasteiger partial charge >= 0.3 is 5.97 Å². The van der Waals surface area contributed by atoms with Crippen molar-refractivity contribution < 1.29 is 9.53 Å². The van der Waals surface area contributed by atoms with E-state index in [1.165, 1.54) is 31.9 Å². The number of ether oxygens (including phenoxy) is 1. The van der Waals surface area contributed by atoms with Gasteiger partial charge in [0.05, 0.1) is 13.5 Å². The Morgan fingerprint density at radius 2 is 1.94 bits per heavy atom. The molecule has 1 aliphatic carbocycles. The van der Waals surface area contributed by atoms with Crippen LogP contribution in [0.1, 0.15) is 30.4 Å². The number of carbonyl (C=O) groups excluding carboxylic acids is 1. The van der Waals surface area contributed by atoms with Crippen LogP contribution in [0.25, 0.3) is 0 Å². The Balaban J connectivity index is 1.81. The topological polar surface area (TPSA) is 38.3 Å². The zero-order valence-corrected chi connectivity index (χ0v) is 10.2. The van der Waals surface area contributed by atoms with Gasteiger partial charge in [-0.15, -0.1) is 0 Å². The molecule has 0 amide bonds. The number of methoxy groups -OCH3 is 1. The number of hydrogen-bond donors (Lipinski definition) is 1. The number of rotatable bonds is 5. The highest BCUT2D eigenvalue weighted by Crippen LogP contribution is 2.18. The summed E-state index contributed by atoms with van der Waals surface area (Å²) in [5.41, 5.74) is 2.27. The lowest BCUT2D eigenvalue weighted by Gasteiger charge is -2.26. The number of esters is 1. The van der Waals surface area contributed by atoms with Crippen LogP contribution >= 0.6 is 0 Å². The van der Waals surface area contributed by atoms with Crippen molar-refractivity contribution in [1.82, 2.24) is 5.32 Å². The van der Waals surface area contributed by atoms with Crippen molar-refractivity contribution in [2.75, 3.05) is 7.11 Å². The average molecular weight is 233 g/mol. The fraction of sp³-hybridized carbons (Fsp3) is 0.500. The van der Waals surface area contributed by atoms with E-state index in [9.17, 15) is 4.79 Å². The zero-order valence-electron chi connectivity index (χ0n) is 10.2. The number of hydrogen-bond acceptors (Lipinski definition) is 3. The minimum atomic E-state index is -0.189. The minimum Gasteiger partial charge on any atom is -0.469 e. The monoisotopic (exact) mass is 233 g/mol. The summed E-state index contributed by atoms with van der Waals surface area (Å²) in [4.78, 5) is 11.1. The van der Waals surface area contributed by atoms with Crippen LogP contribution in [0.5, 0.6) is 0 Å². The second kappa shape index (κ2) is 5.82. The maximum Gasteiger partial charge on any atom is 0.309 e. The lowest BCUT2D eigenvalue weighted by molar-refractivity contribution is -0.139. The minimum absolute atomic E-state index is 0.189. The first-order valence-corrected chi connectivity index (χ1v) is 6.16. The molecule has 1 N–H and O–H groups in total. The Kier molecular flexibility index (Phi) is 4.15. The Morgan fingerprint density at radius 1 is 1.29 bits per heavy atom. The fourth-order valence-corrected chi connectivity index (χ4v) is 1.89. The number of nitrogens with one attached hydrogen (secondary N) is 1. The Labute approximate surface area is 102 Å². The van der Waals surface area contributed by atoms with Gasteiger partial charge in [-0.3, -0.25) is 4.79 Å². The van der Waals surface area contributed by atoms with Crippen LogP contribution < -0.4 is 5.32 Å². The van der Waals surface area contributed by atoms with Crippen molar-refractivity contribution in [1.29, 1.82) is 0 Å². The molecular weight excluding hydrogens is 214 g/mol. The van der Waals surface area contributed by atoms with Crippen molar-refractivity contribution in [3.63, 3.8) is 0 Å². The van der Waals surface area contributed by atoms with E-state index >= 15 is 0 Å². The summed E-state index contributed by atoms with van der Waals surface area (Å²) in [5, 5.41) is 3.52. The molecule has 2 rings (SSSR count). The van der Waals surface area contributed by atoms with E-state index in [4.69, 9.17) is 0 Å². The Bertz CT molecular complexity index is 368. The molecule has 0 aromatic heterocycles. The standard InChI is InChI=1S/C14H19NO2/c1-17-14(16)9-11-5-7-12(8-6-11)10-15-13-3-2-4-13/h5-8,13,15H,2-4,9-10H2,1H3. The molecule has 0 radical (unpaired) electrons. The van der Waals surface area contributed by atoms with Gasteiger partial charge in [-0.1, -0.05) is 30.7 Å². The quantitative estimate of drug-likeness (QED) is 0.791. The maximum atomic E-state index is 11.1. The molecule has 1 fully saturated rings. The van der Waals surface area contributed by atoms with Crippen LogP contribution in [-0.2, 0) is 22.5 Å². The molecule has 3 nitrogen and oxygen atoms in total. The zero-order chi connectivity index (χ0) is 12.1. The predicted octanol–water partition coefficient (Wildman–Crippen LogP) is 2.04. The van der Waals surface area contributed by atoms with Gasteiger partial charge in [0.15, 0.2) is 0 Å². The third kappa shape index (κ3) is 3.56. The highest BCUT2D eigenvalue weighted by Gasteiger charge is 2.15. The van der Waals surface area contributed by atoms with Crippen LogP contribution in [0.2, 0.25) is 0 Å². The molecule has 92 valence electrons. The summed E-state index contributed by atoms with van der Waals surface area (Å²) in [6, 6.07) is 8.85. The second-order valence-corrected chi connectivity index (χ2v) is 4.58. The van der Waals surface area contributed by atoms with Gasteiger partial charge in [0, 0.05) is 12.6 Å². The molecular formula is C14H19NO2. The van der Waals surface area contributed by atoms with E-state index in [0.717, 1.165) is 12.1 Å². The van der Waals surface area contributed by atoms with Crippen LogP contribution in [0.3, 0.4) is 0 Å². The van der Waals surface area contributed by atoms with Crippen molar-refractivity contribution in [3.8, 4) is 0 Å². The molecule has 1 aromatic rings. The normalized spacial score (nSPS) is 15.4. The van der Waals surface area contributed by atoms with Crippen LogP contribution in [0.15, 0.2) is 24.3 Å². The lowest BCUT2D eigenvalue weighted by atomic mass is 9.93. The summed E-state index contributed by atoms with van der Waals surface area (Å²) in [5.74, 6) is -0.189. The van der Waals surface area contributed by atoms with E-state index in [2.05, 4.69) is 22.2 Å². The summed E-state index contributed by atoms with van der Waals surface area (Å²) in [7, 11) is 1.42. The van der Waals surface area contributed by atoms with Crippen molar-refractivity contribution in [2.45, 2.75) is 38.3 Å². The predicted molar refractivity (Wildman–Crippen MR) is 66.6 cm³/mol. The summed E-state index contributed by atoms with van der Waals surface area (Å²) in [6.07, 6.45) is 4.32. The number of carbonyl (C=O) groups is 1. The van der Waals surface area contributed by atoms with Crippen LogP contribution in [-0.4, -0.2) is 19.1 Å². The van der Waals surface area contributed by atoms with E-state index in [1.807, 2.05) is 12.1 Å². The summed E-state index contributed by atoms with van der Waals surface area (Å²) in [6.45, 7) is 0.920. The first-order chi connectivity index (χ1) is 8.28. The van der Waals surface area contributed by atoms with Gasteiger partial charge in [0.2, 0.25) is 0 Å². The van der Waals surface area contributed by atoms with Crippen LogP contribution in [0, 0.1) is 0 Å². The molecule has 17 heavy (non-hydrogen) atoms. The average Bonchev–Trinajstić information content (AvgIpc) is 2.29. The van der Waals surface area contributed by atoms with Crippen LogP contribution in [0.4, 0.5) is 0 Å². The molecule has 0 saturated heterocycles. The summed E-state index contributed by atoms with van der Waals surface area (Å²) >= 11 is 0. The van der Waals surface area contributed by atoms with Gasteiger partial charge in [-0.2, -0.15) is 0 Å². The molecule has 0 spiro atoms. The van der Waals surface area contributed by atoms with Gasteiger partial charge in [0.1, 0.15) is 0 Å². The van der Waals surface area contributed by atoms with Crippen molar-refractivity contribution in [3.05, 3.63) is 35.4 Å². The third-order valence-corrected chi connectivity index (χ3v) is 3.30. The molecule has 3 heteroatoms. The first-order valence-electron chi connectivity index (χ1n) is 6.16. The molecule has 0 aliphatic heterocycles. The Hall–Kier alpha value is -1.35. The van der Waals surface area contributed by atoms with E-state index in [-0.39, 0.29) is 5.97 Å². The lowest BCUT2D eigenvalue weighted by Crippen LogP contribution is -2.34. The molecule has 0 atom stereocenters. The molecule has 0 bridgehead atoms. The van der Waals surface area contributed by atoms with Crippen molar-refractivity contribution in [2.24, 2.45) is 0 Å². The fourth-order valence-electron chi connectivity index (χ4n) is 1.89. The number of benzene rings is 1. The SMILES string of the molecule is COC(=O)Cc1ccc(CNC2CCC2)cc1. The maximum absolute atomic E-state index is 11.1. The van der Waals surface area contributed by atoms with E-state index in [0.29, 0.717) is 12.5 Å². The van der Waals surface area contributed by atoms with Gasteiger partial charge in [-0.05, 0) is 24.0 Å². The molecule has 1 saturated carbocycles. The highest BCUT2D eigenvalue weighted by atomic mass is 16.5. The van der Waals surface area contributed by atoms with Gasteiger partial charge < -0.3 is 10.1 Å². The smallest absolute Gasteiger partial charge is 0.309 e. The molecule has 0 heterocycles. The molecule has 1 aromatic carbocycles.